The predicted octanol–water partition coefficient (Wildman–Crippen LogP) is 5.94. The smallest absolute Gasteiger partial charge is 0.222 e. The van der Waals surface area contributed by atoms with Crippen LogP contribution in [0, 0.1) is 6.92 Å². The molecule has 0 aliphatic rings. The molecule has 0 amide bonds. The van der Waals surface area contributed by atoms with Crippen LogP contribution >= 0.6 is 0 Å². The zero-order valence-electron chi connectivity index (χ0n) is 17.4. The average molecular weight is 396 g/mol. The van der Waals surface area contributed by atoms with E-state index in [1.165, 1.54) is 23.0 Å². The number of benzene rings is 3. The third-order valence-electron chi connectivity index (χ3n) is 5.45. The van der Waals surface area contributed by atoms with Crippen LogP contribution in [0.25, 0.3) is 0 Å². The molecule has 4 aromatic rings. The van der Waals surface area contributed by atoms with Gasteiger partial charge in [0.15, 0.2) is 0 Å². The van der Waals surface area contributed by atoms with Gasteiger partial charge < -0.3 is 9.47 Å². The van der Waals surface area contributed by atoms with Gasteiger partial charge in [-0.3, -0.25) is 0 Å². The molecule has 0 N–H and O–H groups in total. The minimum atomic E-state index is -0.322. The molecule has 30 heavy (non-hydrogen) atoms. The molecule has 4 rings (SSSR count). The predicted molar refractivity (Wildman–Crippen MR) is 118 cm³/mol. The van der Waals surface area contributed by atoms with E-state index in [-0.39, 0.29) is 5.41 Å². The topological polar surface area (TPSA) is 44.2 Å². The van der Waals surface area contributed by atoms with E-state index in [1.807, 2.05) is 43.3 Å². The lowest BCUT2D eigenvalue weighted by Crippen LogP contribution is -2.25. The largest absolute Gasteiger partial charge is 0.497 e. The molecule has 1 unspecified atom stereocenters. The summed E-state index contributed by atoms with van der Waals surface area (Å²) in [5, 5.41) is 0. The summed E-state index contributed by atoms with van der Waals surface area (Å²) in [6, 6.07) is 28.8. The van der Waals surface area contributed by atoms with E-state index in [2.05, 4.69) is 65.4 Å². The first kappa shape index (κ1) is 19.6. The van der Waals surface area contributed by atoms with Crippen molar-refractivity contribution >= 4 is 0 Å². The average Bonchev–Trinajstić information content (AvgIpc) is 2.80. The van der Waals surface area contributed by atoms with Gasteiger partial charge in [0, 0.05) is 17.2 Å². The molecule has 0 bridgehead atoms. The number of aromatic nitrogens is 2. The molecule has 0 aliphatic heterocycles. The van der Waals surface area contributed by atoms with Crippen LogP contribution in [0.15, 0.2) is 91.3 Å². The molecule has 0 aliphatic carbocycles. The summed E-state index contributed by atoms with van der Waals surface area (Å²) in [4.78, 5) is 8.28. The van der Waals surface area contributed by atoms with Gasteiger partial charge in [-0.2, -0.15) is 0 Å². The van der Waals surface area contributed by atoms with Crippen LogP contribution in [0.2, 0.25) is 0 Å². The van der Waals surface area contributed by atoms with E-state index < -0.39 is 0 Å². The van der Waals surface area contributed by atoms with Crippen molar-refractivity contribution < 1.29 is 9.47 Å². The normalized spacial score (nSPS) is 12.8. The summed E-state index contributed by atoms with van der Waals surface area (Å²) in [6.07, 6.45) is 1.51. The molecule has 1 atom stereocenters. The van der Waals surface area contributed by atoms with Crippen molar-refractivity contribution in [2.45, 2.75) is 19.3 Å². The van der Waals surface area contributed by atoms with Gasteiger partial charge in [0.05, 0.1) is 7.11 Å². The molecule has 1 heterocycles. The minimum Gasteiger partial charge on any atom is -0.497 e. The number of ether oxygens (including phenoxy) is 2. The Bertz CT molecular complexity index is 1110. The van der Waals surface area contributed by atoms with Crippen LogP contribution in [-0.4, -0.2) is 17.1 Å². The van der Waals surface area contributed by atoms with Crippen LogP contribution in [-0.2, 0) is 5.41 Å². The summed E-state index contributed by atoms with van der Waals surface area (Å²) in [7, 11) is 1.68. The maximum Gasteiger partial charge on any atom is 0.222 e. The Morgan fingerprint density at radius 3 is 1.83 bits per heavy atom. The van der Waals surface area contributed by atoms with Crippen molar-refractivity contribution in [3.8, 4) is 17.4 Å². The number of methoxy groups -OCH3 is 1. The van der Waals surface area contributed by atoms with Crippen molar-refractivity contribution in [2.75, 3.05) is 7.11 Å². The molecule has 0 saturated heterocycles. The van der Waals surface area contributed by atoms with Gasteiger partial charge in [0.2, 0.25) is 5.88 Å². The number of nitrogens with zero attached hydrogens (tertiary/aromatic N) is 2. The Balaban J connectivity index is 1.72. The molecular weight excluding hydrogens is 372 g/mol. The van der Waals surface area contributed by atoms with Crippen LogP contribution in [0.1, 0.15) is 29.3 Å². The van der Waals surface area contributed by atoms with Gasteiger partial charge in [0.1, 0.15) is 17.8 Å². The quantitative estimate of drug-likeness (QED) is 0.378. The minimum absolute atomic E-state index is 0.322. The van der Waals surface area contributed by atoms with E-state index in [4.69, 9.17) is 9.47 Å². The number of rotatable bonds is 6. The SMILES string of the molecule is COc1ccc(C(C)(c2ccccc2)c2ccc(Oc3cc(C)ncn3)cc2)cc1. The second-order valence-electron chi connectivity index (χ2n) is 7.34. The number of hydrogen-bond acceptors (Lipinski definition) is 4. The fraction of sp³-hybridized carbons (Fsp3) is 0.154. The molecule has 0 fully saturated rings. The Kier molecular flexibility index (Phi) is 5.48. The molecule has 0 spiro atoms. The second kappa shape index (κ2) is 8.37. The molecule has 150 valence electrons. The van der Waals surface area contributed by atoms with Crippen LogP contribution in [0.4, 0.5) is 0 Å². The van der Waals surface area contributed by atoms with Crippen molar-refractivity contribution in [2.24, 2.45) is 0 Å². The van der Waals surface area contributed by atoms with Gasteiger partial charge in [-0.1, -0.05) is 54.6 Å². The highest BCUT2D eigenvalue weighted by Crippen LogP contribution is 2.40. The highest BCUT2D eigenvalue weighted by Gasteiger charge is 2.31. The van der Waals surface area contributed by atoms with E-state index in [1.54, 1.807) is 7.11 Å². The molecule has 4 heteroatoms. The fourth-order valence-electron chi connectivity index (χ4n) is 3.66. The zero-order valence-corrected chi connectivity index (χ0v) is 17.4. The lowest BCUT2D eigenvalue weighted by Gasteiger charge is -2.32. The Morgan fingerprint density at radius 2 is 1.27 bits per heavy atom. The summed E-state index contributed by atoms with van der Waals surface area (Å²) in [5.41, 5.74) is 4.13. The van der Waals surface area contributed by atoms with Gasteiger partial charge >= 0.3 is 0 Å². The zero-order chi connectivity index (χ0) is 21.0. The highest BCUT2D eigenvalue weighted by molar-refractivity contribution is 5.51. The standard InChI is InChI=1S/C26H24N2O2/c1-19-17-25(28-18-27-19)30-24-15-11-22(12-16-24)26(2,20-7-5-4-6-8-20)21-9-13-23(29-3)14-10-21/h4-18H,1-3H3. The Morgan fingerprint density at radius 1 is 0.700 bits per heavy atom. The van der Waals surface area contributed by atoms with Gasteiger partial charge in [-0.25, -0.2) is 9.97 Å². The number of hydrogen-bond donors (Lipinski definition) is 0. The summed E-state index contributed by atoms with van der Waals surface area (Å²) in [6.45, 7) is 4.16. The second-order valence-corrected chi connectivity index (χ2v) is 7.34. The Hall–Kier alpha value is -3.66. The summed E-state index contributed by atoms with van der Waals surface area (Å²) < 4.78 is 11.2. The van der Waals surface area contributed by atoms with E-state index in [0.29, 0.717) is 5.88 Å². The third-order valence-corrected chi connectivity index (χ3v) is 5.45. The van der Waals surface area contributed by atoms with Crippen molar-refractivity contribution in [3.63, 3.8) is 0 Å². The number of aryl methyl sites for hydroxylation is 1. The maximum absolute atomic E-state index is 5.90. The Labute approximate surface area is 177 Å². The van der Waals surface area contributed by atoms with Crippen molar-refractivity contribution in [1.82, 2.24) is 9.97 Å². The molecule has 3 aromatic carbocycles. The highest BCUT2D eigenvalue weighted by atomic mass is 16.5. The van der Waals surface area contributed by atoms with Gasteiger partial charge in [-0.05, 0) is 54.8 Å². The molecule has 0 saturated carbocycles. The maximum atomic E-state index is 5.90. The van der Waals surface area contributed by atoms with Crippen LogP contribution in [0.5, 0.6) is 17.4 Å². The lowest BCUT2D eigenvalue weighted by atomic mass is 9.71. The fourth-order valence-corrected chi connectivity index (χ4v) is 3.66. The monoisotopic (exact) mass is 396 g/mol. The van der Waals surface area contributed by atoms with Crippen LogP contribution < -0.4 is 9.47 Å². The van der Waals surface area contributed by atoms with E-state index in [0.717, 1.165) is 17.2 Å². The molecular formula is C26H24N2O2. The first-order valence-electron chi connectivity index (χ1n) is 9.87. The molecule has 0 radical (unpaired) electrons. The van der Waals surface area contributed by atoms with E-state index in [9.17, 15) is 0 Å². The first-order chi connectivity index (χ1) is 14.6. The van der Waals surface area contributed by atoms with Crippen molar-refractivity contribution in [3.05, 3.63) is 114 Å². The summed E-state index contributed by atoms with van der Waals surface area (Å²) >= 11 is 0. The van der Waals surface area contributed by atoms with E-state index >= 15 is 0 Å². The first-order valence-corrected chi connectivity index (χ1v) is 9.87. The summed E-state index contributed by atoms with van der Waals surface area (Å²) in [5.74, 6) is 2.12. The lowest BCUT2D eigenvalue weighted by molar-refractivity contribution is 0.414. The van der Waals surface area contributed by atoms with Gasteiger partial charge in [-0.15, -0.1) is 0 Å². The third kappa shape index (κ3) is 3.90. The van der Waals surface area contributed by atoms with Crippen molar-refractivity contribution in [1.29, 1.82) is 0 Å². The molecule has 1 aromatic heterocycles. The van der Waals surface area contributed by atoms with Gasteiger partial charge in [0.25, 0.3) is 0 Å². The van der Waals surface area contributed by atoms with Crippen LogP contribution in [0.3, 0.4) is 0 Å². The molecule has 4 nitrogen and oxygen atoms in total.